The lowest BCUT2D eigenvalue weighted by atomic mass is 10.2. The maximum Gasteiger partial charge on any atom is 0.318 e. The first-order valence-electron chi connectivity index (χ1n) is 5.17. The Labute approximate surface area is 102 Å². The Balaban J connectivity index is 2.51. The third-order valence-corrected chi connectivity index (χ3v) is 2.24. The first kappa shape index (κ1) is 14.0. The molecule has 0 aliphatic heterocycles. The van der Waals surface area contributed by atoms with Crippen molar-refractivity contribution in [3.8, 4) is 0 Å². The first-order chi connectivity index (χ1) is 8.40. The standard InChI is InChI=1S/C11H13F2N3O2/c1-6(10(17)16-11(14)18)15-5-7-2-3-8(12)9(13)4-7/h2-4,6,15H,5H2,1H3,(H3,14,16,17,18). The van der Waals surface area contributed by atoms with Crippen LogP contribution in [-0.2, 0) is 11.3 Å². The van der Waals surface area contributed by atoms with Crippen LogP contribution >= 0.6 is 0 Å². The minimum atomic E-state index is -0.955. The molecule has 18 heavy (non-hydrogen) atoms. The van der Waals surface area contributed by atoms with Gasteiger partial charge >= 0.3 is 6.03 Å². The summed E-state index contributed by atoms with van der Waals surface area (Å²) >= 11 is 0. The largest absolute Gasteiger partial charge is 0.351 e. The van der Waals surface area contributed by atoms with Gasteiger partial charge in [-0.05, 0) is 24.6 Å². The van der Waals surface area contributed by atoms with Gasteiger partial charge in [0, 0.05) is 6.54 Å². The summed E-state index contributed by atoms with van der Waals surface area (Å²) < 4.78 is 25.5. The molecule has 1 atom stereocenters. The molecule has 3 amide bonds. The van der Waals surface area contributed by atoms with Crippen molar-refractivity contribution in [1.82, 2.24) is 10.6 Å². The minimum Gasteiger partial charge on any atom is -0.351 e. The van der Waals surface area contributed by atoms with E-state index in [1.165, 1.54) is 13.0 Å². The molecule has 0 bridgehead atoms. The number of benzene rings is 1. The molecule has 0 spiro atoms. The van der Waals surface area contributed by atoms with Crippen LogP contribution in [0.2, 0.25) is 0 Å². The van der Waals surface area contributed by atoms with Gasteiger partial charge in [-0.3, -0.25) is 10.1 Å². The Morgan fingerprint density at radius 2 is 2.00 bits per heavy atom. The molecule has 7 heteroatoms. The second-order valence-electron chi connectivity index (χ2n) is 3.70. The van der Waals surface area contributed by atoms with Crippen LogP contribution in [0, 0.1) is 11.6 Å². The predicted molar refractivity (Wildman–Crippen MR) is 60.4 cm³/mol. The van der Waals surface area contributed by atoms with E-state index < -0.39 is 29.6 Å². The van der Waals surface area contributed by atoms with E-state index in [-0.39, 0.29) is 6.54 Å². The molecule has 0 radical (unpaired) electrons. The molecule has 0 fully saturated rings. The second kappa shape index (κ2) is 6.06. The van der Waals surface area contributed by atoms with Crippen LogP contribution in [0.4, 0.5) is 13.6 Å². The molecule has 1 aromatic carbocycles. The number of rotatable bonds is 4. The zero-order chi connectivity index (χ0) is 13.7. The minimum absolute atomic E-state index is 0.157. The third-order valence-electron chi connectivity index (χ3n) is 2.24. The lowest BCUT2D eigenvalue weighted by molar-refractivity contribution is -0.121. The van der Waals surface area contributed by atoms with Gasteiger partial charge in [-0.15, -0.1) is 0 Å². The SMILES string of the molecule is CC(NCc1ccc(F)c(F)c1)C(=O)NC(N)=O. The number of hydrogen-bond acceptors (Lipinski definition) is 3. The molecular weight excluding hydrogens is 244 g/mol. The summed E-state index contributed by atoms with van der Waals surface area (Å²) in [5.41, 5.74) is 5.26. The fraction of sp³-hybridized carbons (Fsp3) is 0.273. The van der Waals surface area contributed by atoms with Crippen LogP contribution < -0.4 is 16.4 Å². The molecule has 0 saturated heterocycles. The summed E-state index contributed by atoms with van der Waals surface area (Å²) in [5, 5.41) is 4.64. The summed E-state index contributed by atoms with van der Waals surface area (Å²) in [5.74, 6) is -2.48. The molecule has 1 unspecified atom stereocenters. The van der Waals surface area contributed by atoms with Gasteiger partial charge in [-0.25, -0.2) is 13.6 Å². The Bertz CT molecular complexity index is 466. The van der Waals surface area contributed by atoms with Crippen LogP contribution in [0.3, 0.4) is 0 Å². The van der Waals surface area contributed by atoms with E-state index in [1.54, 1.807) is 0 Å². The van der Waals surface area contributed by atoms with Crippen LogP contribution in [0.1, 0.15) is 12.5 Å². The molecule has 5 nitrogen and oxygen atoms in total. The van der Waals surface area contributed by atoms with Crippen LogP contribution in [0.15, 0.2) is 18.2 Å². The summed E-state index contributed by atoms with van der Waals surface area (Å²) in [6, 6.07) is 1.79. The highest BCUT2D eigenvalue weighted by Crippen LogP contribution is 2.08. The molecule has 0 aliphatic rings. The summed E-state index contributed by atoms with van der Waals surface area (Å²) in [7, 11) is 0. The number of imide groups is 1. The number of carbonyl (C=O) groups is 2. The number of nitrogens with two attached hydrogens (primary N) is 1. The van der Waals surface area contributed by atoms with Crippen LogP contribution in [0.5, 0.6) is 0 Å². The van der Waals surface area contributed by atoms with Gasteiger partial charge < -0.3 is 11.1 Å². The number of carbonyl (C=O) groups excluding carboxylic acids is 2. The fourth-order valence-electron chi connectivity index (χ4n) is 1.24. The van der Waals surface area contributed by atoms with Gasteiger partial charge in [0.2, 0.25) is 5.91 Å². The quantitative estimate of drug-likeness (QED) is 0.740. The third kappa shape index (κ3) is 4.10. The molecule has 98 valence electrons. The number of urea groups is 1. The van der Waals surface area contributed by atoms with E-state index >= 15 is 0 Å². The molecule has 0 aliphatic carbocycles. The average Bonchev–Trinajstić information content (AvgIpc) is 2.29. The normalized spacial score (nSPS) is 11.9. The van der Waals surface area contributed by atoms with E-state index in [0.29, 0.717) is 5.56 Å². The summed E-state index contributed by atoms with van der Waals surface area (Å²) in [6.07, 6.45) is 0. The summed E-state index contributed by atoms with van der Waals surface area (Å²) in [6.45, 7) is 1.67. The highest BCUT2D eigenvalue weighted by atomic mass is 19.2. The van der Waals surface area contributed by atoms with Gasteiger partial charge in [-0.2, -0.15) is 0 Å². The van der Waals surface area contributed by atoms with Crippen molar-refractivity contribution in [1.29, 1.82) is 0 Å². The zero-order valence-electron chi connectivity index (χ0n) is 9.67. The van der Waals surface area contributed by atoms with Crippen molar-refractivity contribution in [2.24, 2.45) is 5.73 Å². The van der Waals surface area contributed by atoms with Crippen LogP contribution in [0.25, 0.3) is 0 Å². The molecule has 0 aromatic heterocycles. The van der Waals surface area contributed by atoms with Gasteiger partial charge in [0.25, 0.3) is 0 Å². The topological polar surface area (TPSA) is 84.2 Å². The number of primary amides is 1. The molecule has 1 aromatic rings. The van der Waals surface area contributed by atoms with E-state index in [0.717, 1.165) is 12.1 Å². The van der Waals surface area contributed by atoms with Crippen molar-refractivity contribution in [2.75, 3.05) is 0 Å². The van der Waals surface area contributed by atoms with Crippen LogP contribution in [-0.4, -0.2) is 18.0 Å². The van der Waals surface area contributed by atoms with E-state index in [4.69, 9.17) is 5.73 Å². The predicted octanol–water partition coefficient (Wildman–Crippen LogP) is 0.638. The monoisotopic (exact) mass is 257 g/mol. The van der Waals surface area contributed by atoms with Crippen molar-refractivity contribution in [3.05, 3.63) is 35.4 Å². The van der Waals surface area contributed by atoms with E-state index in [9.17, 15) is 18.4 Å². The Hall–Kier alpha value is -2.02. The van der Waals surface area contributed by atoms with Gasteiger partial charge in [0.1, 0.15) is 0 Å². The van der Waals surface area contributed by atoms with Crippen molar-refractivity contribution in [3.63, 3.8) is 0 Å². The molecular formula is C11H13F2N3O2. The Morgan fingerprint density at radius 1 is 1.33 bits per heavy atom. The Morgan fingerprint density at radius 3 is 2.56 bits per heavy atom. The number of halogens is 2. The maximum absolute atomic E-state index is 12.9. The lowest BCUT2D eigenvalue weighted by Crippen LogP contribution is -2.46. The van der Waals surface area contributed by atoms with Crippen molar-refractivity contribution in [2.45, 2.75) is 19.5 Å². The van der Waals surface area contributed by atoms with Gasteiger partial charge in [-0.1, -0.05) is 6.07 Å². The maximum atomic E-state index is 12.9. The van der Waals surface area contributed by atoms with E-state index in [1.807, 2.05) is 5.32 Å². The zero-order valence-corrected chi connectivity index (χ0v) is 9.67. The number of amides is 3. The molecule has 0 heterocycles. The highest BCUT2D eigenvalue weighted by Gasteiger charge is 2.13. The molecule has 1 rings (SSSR count). The first-order valence-corrected chi connectivity index (χ1v) is 5.17. The second-order valence-corrected chi connectivity index (χ2v) is 3.70. The molecule has 0 saturated carbocycles. The van der Waals surface area contributed by atoms with Crippen molar-refractivity contribution >= 4 is 11.9 Å². The van der Waals surface area contributed by atoms with Gasteiger partial charge in [0.15, 0.2) is 11.6 Å². The van der Waals surface area contributed by atoms with Crippen molar-refractivity contribution < 1.29 is 18.4 Å². The highest BCUT2D eigenvalue weighted by molar-refractivity contribution is 5.96. The lowest BCUT2D eigenvalue weighted by Gasteiger charge is -2.12. The van der Waals surface area contributed by atoms with Gasteiger partial charge in [0.05, 0.1) is 6.04 Å². The smallest absolute Gasteiger partial charge is 0.318 e. The summed E-state index contributed by atoms with van der Waals surface area (Å²) in [4.78, 5) is 21.7. The molecule has 4 N–H and O–H groups in total. The van der Waals surface area contributed by atoms with E-state index in [2.05, 4.69) is 5.32 Å². The Kier molecular flexibility index (Phi) is 4.73. The number of hydrogen-bond donors (Lipinski definition) is 3. The fourth-order valence-corrected chi connectivity index (χ4v) is 1.24. The average molecular weight is 257 g/mol. The number of nitrogens with one attached hydrogen (secondary N) is 2.